The largest absolute Gasteiger partial charge is 0.385 e. The lowest BCUT2D eigenvalue weighted by Gasteiger charge is -2.24. The highest BCUT2D eigenvalue weighted by Gasteiger charge is 2.33. The van der Waals surface area contributed by atoms with Crippen molar-refractivity contribution < 1.29 is 9.26 Å². The van der Waals surface area contributed by atoms with E-state index >= 15 is 0 Å². The zero-order valence-electron chi connectivity index (χ0n) is 11.0. The molecule has 98 valence electrons. The van der Waals surface area contributed by atoms with Crippen LogP contribution in [0.3, 0.4) is 0 Å². The van der Waals surface area contributed by atoms with Gasteiger partial charge in [-0.1, -0.05) is 19.0 Å². The summed E-state index contributed by atoms with van der Waals surface area (Å²) in [5.41, 5.74) is 5.68. The first-order valence-corrected chi connectivity index (χ1v) is 6.24. The van der Waals surface area contributed by atoms with Crippen LogP contribution in [0.4, 0.5) is 0 Å². The molecule has 0 amide bonds. The van der Waals surface area contributed by atoms with Gasteiger partial charge in [0.2, 0.25) is 5.89 Å². The summed E-state index contributed by atoms with van der Waals surface area (Å²) < 4.78 is 10.3. The van der Waals surface area contributed by atoms with Gasteiger partial charge < -0.3 is 15.0 Å². The van der Waals surface area contributed by atoms with Crippen LogP contribution in [0, 0.1) is 0 Å². The molecule has 0 saturated carbocycles. The van der Waals surface area contributed by atoms with Crippen molar-refractivity contribution in [2.45, 2.75) is 44.9 Å². The maximum absolute atomic E-state index is 5.84. The molecule has 5 nitrogen and oxygen atoms in total. The van der Waals surface area contributed by atoms with E-state index in [0.29, 0.717) is 19.0 Å². The van der Waals surface area contributed by atoms with Crippen molar-refractivity contribution in [3.05, 3.63) is 11.7 Å². The summed E-state index contributed by atoms with van der Waals surface area (Å²) in [7, 11) is 1.69. The monoisotopic (exact) mass is 241 g/mol. The van der Waals surface area contributed by atoms with Crippen molar-refractivity contribution in [2.24, 2.45) is 5.73 Å². The first-order valence-electron chi connectivity index (χ1n) is 6.24. The predicted octanol–water partition coefficient (Wildman–Crippen LogP) is 1.67. The SMILES string of the molecule is CCC(CC)(CN)c1nc(CCCOC)no1. The molecule has 0 radical (unpaired) electrons. The summed E-state index contributed by atoms with van der Waals surface area (Å²) in [6.07, 6.45) is 3.52. The predicted molar refractivity (Wildman–Crippen MR) is 65.8 cm³/mol. The van der Waals surface area contributed by atoms with Gasteiger partial charge in [-0.2, -0.15) is 4.98 Å². The van der Waals surface area contributed by atoms with Gasteiger partial charge in [-0.25, -0.2) is 0 Å². The zero-order chi connectivity index (χ0) is 12.7. The van der Waals surface area contributed by atoms with E-state index in [1.165, 1.54) is 0 Å². The van der Waals surface area contributed by atoms with Crippen LogP contribution in [0.25, 0.3) is 0 Å². The Labute approximate surface area is 103 Å². The molecule has 0 aliphatic carbocycles. The Balaban J connectivity index is 2.71. The normalized spacial score (nSPS) is 12.0. The van der Waals surface area contributed by atoms with Crippen molar-refractivity contribution >= 4 is 0 Å². The third-order valence-electron chi connectivity index (χ3n) is 3.41. The molecule has 2 N–H and O–H groups in total. The van der Waals surface area contributed by atoms with Gasteiger partial charge in [0, 0.05) is 26.7 Å². The van der Waals surface area contributed by atoms with Crippen LogP contribution in [-0.4, -0.2) is 30.4 Å². The van der Waals surface area contributed by atoms with Crippen LogP contribution >= 0.6 is 0 Å². The molecular formula is C12H23N3O2. The van der Waals surface area contributed by atoms with Gasteiger partial charge in [0.1, 0.15) is 0 Å². The smallest absolute Gasteiger partial charge is 0.234 e. The lowest BCUT2D eigenvalue weighted by atomic mass is 9.82. The Morgan fingerprint density at radius 1 is 1.35 bits per heavy atom. The standard InChI is InChI=1S/C12H23N3O2/c1-4-12(5-2,9-13)11-14-10(15-17-11)7-6-8-16-3/h4-9,13H2,1-3H3. The lowest BCUT2D eigenvalue weighted by molar-refractivity contribution is 0.194. The highest BCUT2D eigenvalue weighted by Crippen LogP contribution is 2.29. The van der Waals surface area contributed by atoms with Crippen molar-refractivity contribution in [3.63, 3.8) is 0 Å². The van der Waals surface area contributed by atoms with Crippen LogP contribution < -0.4 is 5.73 Å². The summed E-state index contributed by atoms with van der Waals surface area (Å²) in [5, 5.41) is 4.00. The third kappa shape index (κ3) is 3.26. The fourth-order valence-corrected chi connectivity index (χ4v) is 1.87. The minimum absolute atomic E-state index is 0.160. The molecule has 0 saturated heterocycles. The fourth-order valence-electron chi connectivity index (χ4n) is 1.87. The molecule has 0 fully saturated rings. The number of nitrogens with two attached hydrogens (primary N) is 1. The van der Waals surface area contributed by atoms with Crippen LogP contribution in [0.15, 0.2) is 4.52 Å². The molecule has 0 aromatic carbocycles. The van der Waals surface area contributed by atoms with Crippen molar-refractivity contribution in [3.8, 4) is 0 Å². The Hall–Kier alpha value is -0.940. The first-order chi connectivity index (χ1) is 8.22. The number of methoxy groups -OCH3 is 1. The minimum Gasteiger partial charge on any atom is -0.385 e. The second-order valence-corrected chi connectivity index (χ2v) is 4.30. The van der Waals surface area contributed by atoms with Crippen LogP contribution in [0.2, 0.25) is 0 Å². The van der Waals surface area contributed by atoms with Crippen LogP contribution in [-0.2, 0) is 16.6 Å². The van der Waals surface area contributed by atoms with Gasteiger partial charge in [-0.3, -0.25) is 0 Å². The van der Waals surface area contributed by atoms with Gasteiger partial charge in [0.15, 0.2) is 5.82 Å². The van der Waals surface area contributed by atoms with Gasteiger partial charge in [-0.05, 0) is 19.3 Å². The Morgan fingerprint density at radius 3 is 2.59 bits per heavy atom. The van der Waals surface area contributed by atoms with E-state index in [1.807, 2.05) is 0 Å². The fraction of sp³-hybridized carbons (Fsp3) is 0.833. The molecule has 5 heteroatoms. The Kier molecular flexibility index (Phi) is 5.58. The summed E-state index contributed by atoms with van der Waals surface area (Å²) in [6.45, 7) is 5.46. The molecule has 0 bridgehead atoms. The maximum Gasteiger partial charge on any atom is 0.234 e. The van der Waals surface area contributed by atoms with Crippen LogP contribution in [0.5, 0.6) is 0 Å². The summed E-state index contributed by atoms with van der Waals surface area (Å²) in [6, 6.07) is 0. The average molecular weight is 241 g/mol. The Morgan fingerprint density at radius 2 is 2.06 bits per heavy atom. The second kappa shape index (κ2) is 6.71. The molecule has 1 aromatic heterocycles. The van der Waals surface area contributed by atoms with Gasteiger partial charge in [0.25, 0.3) is 0 Å². The number of ether oxygens (including phenoxy) is 1. The van der Waals surface area contributed by atoms with E-state index in [4.69, 9.17) is 15.0 Å². The van der Waals surface area contributed by atoms with Crippen LogP contribution in [0.1, 0.15) is 44.8 Å². The minimum atomic E-state index is -0.160. The summed E-state index contributed by atoms with van der Waals surface area (Å²) in [5.74, 6) is 1.43. The van der Waals surface area contributed by atoms with Crippen molar-refractivity contribution in [2.75, 3.05) is 20.3 Å². The molecule has 1 heterocycles. The first kappa shape index (κ1) is 14.1. The molecule has 0 aliphatic heterocycles. The molecule has 17 heavy (non-hydrogen) atoms. The molecular weight excluding hydrogens is 218 g/mol. The van der Waals surface area contributed by atoms with E-state index in [2.05, 4.69) is 24.0 Å². The number of hydrogen-bond donors (Lipinski definition) is 1. The van der Waals surface area contributed by atoms with Crippen molar-refractivity contribution in [1.82, 2.24) is 10.1 Å². The quantitative estimate of drug-likeness (QED) is 0.701. The van der Waals surface area contributed by atoms with Crippen molar-refractivity contribution in [1.29, 1.82) is 0 Å². The van der Waals surface area contributed by atoms with E-state index in [-0.39, 0.29) is 5.41 Å². The number of hydrogen-bond acceptors (Lipinski definition) is 5. The topological polar surface area (TPSA) is 74.2 Å². The maximum atomic E-state index is 5.84. The number of nitrogens with zero attached hydrogens (tertiary/aromatic N) is 2. The van der Waals surface area contributed by atoms with E-state index < -0.39 is 0 Å². The molecule has 1 rings (SSSR count). The number of rotatable bonds is 8. The average Bonchev–Trinajstić information content (AvgIpc) is 2.82. The Bertz CT molecular complexity index is 313. The van der Waals surface area contributed by atoms with E-state index in [0.717, 1.165) is 31.5 Å². The van der Waals surface area contributed by atoms with Gasteiger partial charge in [0.05, 0.1) is 5.41 Å². The number of aryl methyl sites for hydroxylation is 1. The van der Waals surface area contributed by atoms with E-state index in [1.54, 1.807) is 7.11 Å². The summed E-state index contributed by atoms with van der Waals surface area (Å²) >= 11 is 0. The highest BCUT2D eigenvalue weighted by atomic mass is 16.5. The highest BCUT2D eigenvalue weighted by molar-refractivity contribution is 5.05. The van der Waals surface area contributed by atoms with E-state index in [9.17, 15) is 0 Å². The molecule has 1 aromatic rings. The van der Waals surface area contributed by atoms with Gasteiger partial charge in [-0.15, -0.1) is 0 Å². The second-order valence-electron chi connectivity index (χ2n) is 4.30. The molecule has 0 aliphatic rings. The lowest BCUT2D eigenvalue weighted by Crippen LogP contribution is -2.34. The molecule has 0 spiro atoms. The molecule has 0 unspecified atom stereocenters. The number of aromatic nitrogens is 2. The third-order valence-corrected chi connectivity index (χ3v) is 3.41. The zero-order valence-corrected chi connectivity index (χ0v) is 11.0. The molecule has 0 atom stereocenters. The van der Waals surface area contributed by atoms with Gasteiger partial charge >= 0.3 is 0 Å². The summed E-state index contributed by atoms with van der Waals surface area (Å²) in [4.78, 5) is 4.45.